The largest absolute Gasteiger partial charge is 0.307 e. The lowest BCUT2D eigenvalue weighted by molar-refractivity contribution is 0.0516. The van der Waals surface area contributed by atoms with Gasteiger partial charge in [0.1, 0.15) is 0 Å². The average molecular weight is 156 g/mol. The van der Waals surface area contributed by atoms with Crippen molar-refractivity contribution >= 4 is 12.4 Å². The second-order valence-corrected chi connectivity index (χ2v) is 1.79. The fourth-order valence-corrected chi connectivity index (χ4v) is 0.612. The fraction of sp³-hybridized carbons (Fsp3) is 0.600. The Balaban J connectivity index is 0.000000640. The van der Waals surface area contributed by atoms with Gasteiger partial charge in [-0.15, -0.1) is 12.4 Å². The van der Waals surface area contributed by atoms with Crippen LogP contribution in [0.5, 0.6) is 0 Å². The molecule has 0 fully saturated rings. The maximum Gasteiger partial charge on any atom is 0.278 e. The molecule has 1 aliphatic rings. The molecule has 1 N–H and O–H groups in total. The van der Waals surface area contributed by atoms with E-state index in [9.17, 15) is 8.78 Å². The number of hydrogen-bond donors (Lipinski definition) is 1. The molecule has 0 saturated carbocycles. The quantitative estimate of drug-likeness (QED) is 0.519. The highest BCUT2D eigenvalue weighted by atomic mass is 35.5. The molecule has 0 amide bonds. The van der Waals surface area contributed by atoms with Gasteiger partial charge in [0.25, 0.3) is 5.92 Å². The van der Waals surface area contributed by atoms with Crippen LogP contribution in [0, 0.1) is 0 Å². The second kappa shape index (κ2) is 3.13. The highest BCUT2D eigenvalue weighted by Crippen LogP contribution is 2.15. The lowest BCUT2D eigenvalue weighted by Gasteiger charge is -2.15. The van der Waals surface area contributed by atoms with Gasteiger partial charge in [0.2, 0.25) is 0 Å². The Labute approximate surface area is 58.5 Å². The molecule has 4 heteroatoms. The molecule has 0 saturated heterocycles. The summed E-state index contributed by atoms with van der Waals surface area (Å²) in [4.78, 5) is 0. The first kappa shape index (κ1) is 8.85. The van der Waals surface area contributed by atoms with Crippen LogP contribution in [-0.4, -0.2) is 19.0 Å². The Hall–Kier alpha value is -0.150. The monoisotopic (exact) mass is 155 g/mol. The summed E-state index contributed by atoms with van der Waals surface area (Å²) in [6.45, 7) is 0.346. The third-order valence-electron chi connectivity index (χ3n) is 0.985. The predicted molar refractivity (Wildman–Crippen MR) is 34.2 cm³/mol. The molecule has 0 radical (unpaired) electrons. The average Bonchev–Trinajstić information content (AvgIpc) is 1.65. The van der Waals surface area contributed by atoms with Crippen molar-refractivity contribution in [2.75, 3.05) is 13.1 Å². The van der Waals surface area contributed by atoms with Crippen LogP contribution < -0.4 is 5.32 Å². The zero-order valence-electron chi connectivity index (χ0n) is 4.73. The Kier molecular flexibility index (Phi) is 3.08. The number of halogens is 3. The van der Waals surface area contributed by atoms with Crippen LogP contribution in [0.25, 0.3) is 0 Å². The first-order valence-corrected chi connectivity index (χ1v) is 2.47. The molecule has 0 aromatic carbocycles. The smallest absolute Gasteiger partial charge is 0.278 e. The minimum Gasteiger partial charge on any atom is -0.307 e. The van der Waals surface area contributed by atoms with Crippen LogP contribution in [0.4, 0.5) is 8.78 Å². The van der Waals surface area contributed by atoms with E-state index in [1.807, 2.05) is 0 Å². The second-order valence-electron chi connectivity index (χ2n) is 1.79. The molecule has 0 aromatic rings. The van der Waals surface area contributed by atoms with Crippen molar-refractivity contribution in [3.63, 3.8) is 0 Å². The zero-order valence-corrected chi connectivity index (χ0v) is 5.55. The van der Waals surface area contributed by atoms with Crippen LogP contribution in [0.1, 0.15) is 0 Å². The van der Waals surface area contributed by atoms with E-state index in [-0.39, 0.29) is 19.0 Å². The number of alkyl halides is 2. The van der Waals surface area contributed by atoms with E-state index in [2.05, 4.69) is 5.32 Å². The third-order valence-corrected chi connectivity index (χ3v) is 0.985. The van der Waals surface area contributed by atoms with Gasteiger partial charge >= 0.3 is 0 Å². The summed E-state index contributed by atoms with van der Waals surface area (Å²) in [5.74, 6) is -2.61. The van der Waals surface area contributed by atoms with E-state index in [4.69, 9.17) is 0 Å². The van der Waals surface area contributed by atoms with Crippen molar-refractivity contribution in [3.05, 3.63) is 12.2 Å². The molecule has 1 rings (SSSR count). The number of nitrogens with one attached hydrogen (secondary N) is 1. The van der Waals surface area contributed by atoms with Gasteiger partial charge in [-0.1, -0.05) is 6.08 Å². The van der Waals surface area contributed by atoms with Crippen molar-refractivity contribution in [2.24, 2.45) is 0 Å². The molecular weight excluding hydrogens is 148 g/mol. The van der Waals surface area contributed by atoms with Crippen molar-refractivity contribution in [1.82, 2.24) is 5.32 Å². The highest BCUT2D eigenvalue weighted by molar-refractivity contribution is 5.85. The highest BCUT2D eigenvalue weighted by Gasteiger charge is 2.25. The topological polar surface area (TPSA) is 12.0 Å². The predicted octanol–water partition coefficient (Wildman–Crippen LogP) is 1.20. The molecule has 1 aliphatic heterocycles. The van der Waals surface area contributed by atoms with E-state index < -0.39 is 5.92 Å². The number of hydrogen-bond acceptors (Lipinski definition) is 1. The Morgan fingerprint density at radius 2 is 2.11 bits per heavy atom. The Morgan fingerprint density at radius 1 is 1.44 bits per heavy atom. The van der Waals surface area contributed by atoms with Gasteiger partial charge in [0.05, 0.1) is 6.54 Å². The lowest BCUT2D eigenvalue weighted by Crippen LogP contribution is -2.34. The maximum atomic E-state index is 12.1. The molecule has 0 atom stereocenters. The molecule has 0 aromatic heterocycles. The van der Waals surface area contributed by atoms with Gasteiger partial charge in [0.15, 0.2) is 0 Å². The summed E-state index contributed by atoms with van der Waals surface area (Å²) in [7, 11) is 0. The van der Waals surface area contributed by atoms with Gasteiger partial charge in [0, 0.05) is 6.54 Å². The molecule has 0 bridgehead atoms. The van der Waals surface area contributed by atoms with E-state index >= 15 is 0 Å². The van der Waals surface area contributed by atoms with Gasteiger partial charge in [-0.3, -0.25) is 0 Å². The minimum atomic E-state index is -2.61. The molecule has 54 valence electrons. The maximum absolute atomic E-state index is 12.1. The normalized spacial score (nSPS) is 22.9. The molecule has 1 nitrogen and oxygen atoms in total. The first-order valence-electron chi connectivity index (χ1n) is 2.47. The SMILES string of the molecule is Cl.FC1(F)C=CCNC1. The fourth-order valence-electron chi connectivity index (χ4n) is 0.612. The summed E-state index contributed by atoms with van der Waals surface area (Å²) in [6, 6.07) is 0. The molecule has 9 heavy (non-hydrogen) atoms. The van der Waals surface area contributed by atoms with E-state index in [0.29, 0.717) is 6.54 Å². The van der Waals surface area contributed by atoms with Crippen molar-refractivity contribution < 1.29 is 8.78 Å². The molecule has 0 aliphatic carbocycles. The van der Waals surface area contributed by atoms with Crippen LogP contribution in [-0.2, 0) is 0 Å². The van der Waals surface area contributed by atoms with Crippen LogP contribution in [0.2, 0.25) is 0 Å². The summed E-state index contributed by atoms with van der Waals surface area (Å²) >= 11 is 0. The third kappa shape index (κ3) is 2.77. The summed E-state index contributed by atoms with van der Waals surface area (Å²) in [6.07, 6.45) is 2.37. The summed E-state index contributed by atoms with van der Waals surface area (Å²) in [5, 5.41) is 2.54. The summed E-state index contributed by atoms with van der Waals surface area (Å²) < 4.78 is 24.1. The molecule has 0 unspecified atom stereocenters. The first-order chi connectivity index (χ1) is 3.71. The standard InChI is InChI=1S/C5H7F2N.ClH/c6-5(7)2-1-3-8-4-5;/h1-2,8H,3-4H2;1H. The molecular formula is C5H8ClF2N. The van der Waals surface area contributed by atoms with Gasteiger partial charge < -0.3 is 5.32 Å². The van der Waals surface area contributed by atoms with Gasteiger partial charge in [-0.2, -0.15) is 0 Å². The van der Waals surface area contributed by atoms with Crippen LogP contribution >= 0.6 is 12.4 Å². The van der Waals surface area contributed by atoms with E-state index in [1.54, 1.807) is 0 Å². The van der Waals surface area contributed by atoms with E-state index in [0.717, 1.165) is 6.08 Å². The lowest BCUT2D eigenvalue weighted by atomic mass is 10.2. The van der Waals surface area contributed by atoms with Crippen molar-refractivity contribution in [1.29, 1.82) is 0 Å². The van der Waals surface area contributed by atoms with Crippen LogP contribution in [0.15, 0.2) is 12.2 Å². The van der Waals surface area contributed by atoms with Gasteiger partial charge in [-0.25, -0.2) is 8.78 Å². The van der Waals surface area contributed by atoms with Crippen molar-refractivity contribution in [3.8, 4) is 0 Å². The summed E-state index contributed by atoms with van der Waals surface area (Å²) in [5.41, 5.74) is 0. The molecule has 0 spiro atoms. The molecule has 1 heterocycles. The Bertz CT molecular complexity index is 114. The van der Waals surface area contributed by atoms with Crippen molar-refractivity contribution in [2.45, 2.75) is 5.92 Å². The zero-order chi connectivity index (χ0) is 6.04. The number of rotatable bonds is 0. The van der Waals surface area contributed by atoms with E-state index in [1.165, 1.54) is 6.08 Å². The Morgan fingerprint density at radius 3 is 2.33 bits per heavy atom. The van der Waals surface area contributed by atoms with Crippen LogP contribution in [0.3, 0.4) is 0 Å². The minimum absolute atomic E-state index is 0. The van der Waals surface area contributed by atoms with Gasteiger partial charge in [-0.05, 0) is 6.08 Å².